The molecule has 0 saturated carbocycles. The number of allylic oxidation sites excluding steroid dienone is 4. The van der Waals surface area contributed by atoms with Gasteiger partial charge in [0.15, 0.2) is 0 Å². The van der Waals surface area contributed by atoms with Gasteiger partial charge in [-0.3, -0.25) is 4.79 Å². The summed E-state index contributed by atoms with van der Waals surface area (Å²) in [4.78, 5) is 10.1. The quantitative estimate of drug-likeness (QED) is 0.645. The third kappa shape index (κ3) is 2.05. The number of hydrogen-bond donors (Lipinski definition) is 1. The largest absolute Gasteiger partial charge is 0.481 e. The number of aliphatic carboxylic acids is 1. The third-order valence-electron chi connectivity index (χ3n) is 1.51. The molecule has 0 radical (unpaired) electrons. The summed E-state index contributed by atoms with van der Waals surface area (Å²) < 4.78 is 0. The lowest BCUT2D eigenvalue weighted by molar-refractivity contribution is -0.136. The van der Waals surface area contributed by atoms with Crippen LogP contribution in [0.1, 0.15) is 19.3 Å². The molecule has 54 valence electrons. The van der Waals surface area contributed by atoms with Crippen LogP contribution in [0.3, 0.4) is 0 Å². The van der Waals surface area contributed by atoms with Gasteiger partial charge in [0.25, 0.3) is 0 Å². The van der Waals surface area contributed by atoms with Gasteiger partial charge in [-0.2, -0.15) is 0 Å². The van der Waals surface area contributed by atoms with Gasteiger partial charge in [0.2, 0.25) is 0 Å². The minimum atomic E-state index is -0.715. The van der Waals surface area contributed by atoms with Crippen molar-refractivity contribution in [3.63, 3.8) is 0 Å². The molecule has 0 spiro atoms. The lowest BCUT2D eigenvalue weighted by Crippen LogP contribution is -1.94. The molecule has 2 heteroatoms. The molecule has 1 rings (SSSR count). The van der Waals surface area contributed by atoms with Crippen molar-refractivity contribution >= 4 is 5.97 Å². The van der Waals surface area contributed by atoms with Crippen molar-refractivity contribution in [1.29, 1.82) is 0 Å². The maximum atomic E-state index is 10.1. The van der Waals surface area contributed by atoms with Crippen LogP contribution in [0.4, 0.5) is 0 Å². The van der Waals surface area contributed by atoms with Crippen molar-refractivity contribution in [2.24, 2.45) is 0 Å². The fourth-order valence-electron chi connectivity index (χ4n) is 0.944. The van der Waals surface area contributed by atoms with Crippen molar-refractivity contribution in [1.82, 2.24) is 0 Å². The molecular weight excluding hydrogens is 128 g/mol. The molecule has 10 heavy (non-hydrogen) atoms. The second-order valence-electron chi connectivity index (χ2n) is 2.35. The Hall–Kier alpha value is -1.05. The molecule has 2 nitrogen and oxygen atoms in total. The predicted molar refractivity (Wildman–Crippen MR) is 38.7 cm³/mol. The molecule has 0 amide bonds. The van der Waals surface area contributed by atoms with E-state index in [1.807, 2.05) is 18.2 Å². The van der Waals surface area contributed by atoms with Crippen LogP contribution >= 0.6 is 0 Å². The Morgan fingerprint density at radius 1 is 1.70 bits per heavy atom. The minimum Gasteiger partial charge on any atom is -0.481 e. The van der Waals surface area contributed by atoms with Gasteiger partial charge in [0, 0.05) is 6.42 Å². The fourth-order valence-corrected chi connectivity index (χ4v) is 0.944. The van der Waals surface area contributed by atoms with Crippen LogP contribution in [0, 0.1) is 0 Å². The van der Waals surface area contributed by atoms with E-state index in [1.54, 1.807) is 0 Å². The van der Waals surface area contributed by atoms with E-state index in [2.05, 4.69) is 0 Å². The average Bonchev–Trinajstić information content (AvgIpc) is 2.34. The lowest BCUT2D eigenvalue weighted by atomic mass is 10.1. The van der Waals surface area contributed by atoms with E-state index in [0.717, 1.165) is 6.42 Å². The van der Waals surface area contributed by atoms with Crippen LogP contribution in [0.15, 0.2) is 23.8 Å². The molecule has 0 bridgehead atoms. The van der Waals surface area contributed by atoms with Gasteiger partial charge in [0.1, 0.15) is 0 Å². The van der Waals surface area contributed by atoms with Crippen LogP contribution in [0.25, 0.3) is 0 Å². The molecule has 1 aliphatic carbocycles. The summed E-state index contributed by atoms with van der Waals surface area (Å²) in [5, 5.41) is 8.33. The third-order valence-corrected chi connectivity index (χ3v) is 1.51. The van der Waals surface area contributed by atoms with Gasteiger partial charge in [0.05, 0.1) is 0 Å². The Morgan fingerprint density at radius 2 is 2.50 bits per heavy atom. The summed E-state index contributed by atoms with van der Waals surface area (Å²) in [6.07, 6.45) is 7.89. The maximum Gasteiger partial charge on any atom is 0.303 e. The zero-order valence-electron chi connectivity index (χ0n) is 5.71. The molecule has 0 aromatic heterocycles. The SMILES string of the molecule is O=C(O)CCC1=CC=CC1. The van der Waals surface area contributed by atoms with E-state index < -0.39 is 5.97 Å². The van der Waals surface area contributed by atoms with Crippen LogP contribution in [0.2, 0.25) is 0 Å². The zero-order valence-corrected chi connectivity index (χ0v) is 5.71. The Kier molecular flexibility index (Phi) is 2.26. The van der Waals surface area contributed by atoms with Gasteiger partial charge in [-0.25, -0.2) is 0 Å². The van der Waals surface area contributed by atoms with Gasteiger partial charge in [-0.15, -0.1) is 0 Å². The van der Waals surface area contributed by atoms with Crippen molar-refractivity contribution < 1.29 is 9.90 Å². The second kappa shape index (κ2) is 3.20. The van der Waals surface area contributed by atoms with E-state index in [1.165, 1.54) is 5.57 Å². The first-order chi connectivity index (χ1) is 4.79. The number of carbonyl (C=O) groups is 1. The summed E-state index contributed by atoms with van der Waals surface area (Å²) in [5.74, 6) is -0.715. The predicted octanol–water partition coefficient (Wildman–Crippen LogP) is 1.74. The number of carboxylic acids is 1. The second-order valence-corrected chi connectivity index (χ2v) is 2.35. The van der Waals surface area contributed by atoms with E-state index in [0.29, 0.717) is 6.42 Å². The van der Waals surface area contributed by atoms with Gasteiger partial charge in [-0.05, 0) is 12.8 Å². The van der Waals surface area contributed by atoms with Crippen LogP contribution < -0.4 is 0 Å². The first kappa shape index (κ1) is 7.06. The molecule has 0 aliphatic heterocycles. The summed E-state index contributed by atoms with van der Waals surface area (Å²) >= 11 is 0. The molecule has 0 aromatic carbocycles. The molecule has 1 N–H and O–H groups in total. The smallest absolute Gasteiger partial charge is 0.303 e. The fraction of sp³-hybridized carbons (Fsp3) is 0.375. The van der Waals surface area contributed by atoms with Crippen molar-refractivity contribution in [2.45, 2.75) is 19.3 Å². The summed E-state index contributed by atoms with van der Waals surface area (Å²) in [6.45, 7) is 0. The molecule has 1 aliphatic rings. The highest BCUT2D eigenvalue weighted by molar-refractivity contribution is 5.67. The molecular formula is C8H10O2. The van der Waals surface area contributed by atoms with Gasteiger partial charge >= 0.3 is 5.97 Å². The highest BCUT2D eigenvalue weighted by atomic mass is 16.4. The van der Waals surface area contributed by atoms with Crippen molar-refractivity contribution in [2.75, 3.05) is 0 Å². The van der Waals surface area contributed by atoms with Crippen LogP contribution in [-0.2, 0) is 4.79 Å². The van der Waals surface area contributed by atoms with Gasteiger partial charge < -0.3 is 5.11 Å². The first-order valence-electron chi connectivity index (χ1n) is 3.35. The average molecular weight is 138 g/mol. The van der Waals surface area contributed by atoms with Crippen LogP contribution in [-0.4, -0.2) is 11.1 Å². The van der Waals surface area contributed by atoms with Gasteiger partial charge in [-0.1, -0.05) is 23.8 Å². The monoisotopic (exact) mass is 138 g/mol. The lowest BCUT2D eigenvalue weighted by Gasteiger charge is -1.95. The van der Waals surface area contributed by atoms with E-state index in [9.17, 15) is 4.79 Å². The van der Waals surface area contributed by atoms with Crippen molar-refractivity contribution in [3.8, 4) is 0 Å². The molecule has 0 heterocycles. The number of carboxylic acid groups (broad SMARTS) is 1. The molecule has 0 unspecified atom stereocenters. The Balaban J connectivity index is 2.21. The highest BCUT2D eigenvalue weighted by Crippen LogP contribution is 2.15. The molecule has 0 fully saturated rings. The Morgan fingerprint density at radius 3 is 3.00 bits per heavy atom. The summed E-state index contributed by atoms with van der Waals surface area (Å²) in [7, 11) is 0. The number of hydrogen-bond acceptors (Lipinski definition) is 1. The topological polar surface area (TPSA) is 37.3 Å². The Labute approximate surface area is 59.9 Å². The van der Waals surface area contributed by atoms with E-state index in [4.69, 9.17) is 5.11 Å². The minimum absolute atomic E-state index is 0.257. The zero-order chi connectivity index (χ0) is 7.40. The standard InChI is InChI=1S/C8H10O2/c9-8(10)6-5-7-3-1-2-4-7/h1-3H,4-6H2,(H,9,10). The normalized spacial score (nSPS) is 15.4. The molecule has 0 aromatic rings. The molecule has 0 saturated heterocycles. The van der Waals surface area contributed by atoms with Crippen LogP contribution in [0.5, 0.6) is 0 Å². The summed E-state index contributed by atoms with van der Waals surface area (Å²) in [6, 6.07) is 0. The van der Waals surface area contributed by atoms with E-state index in [-0.39, 0.29) is 6.42 Å². The maximum absolute atomic E-state index is 10.1. The Bertz CT molecular complexity index is 189. The highest BCUT2D eigenvalue weighted by Gasteiger charge is 2.01. The molecule has 0 atom stereocenters. The number of rotatable bonds is 3. The summed E-state index contributed by atoms with van der Waals surface area (Å²) in [5.41, 5.74) is 1.22. The van der Waals surface area contributed by atoms with Crippen molar-refractivity contribution in [3.05, 3.63) is 23.8 Å². The van der Waals surface area contributed by atoms with E-state index >= 15 is 0 Å². The first-order valence-corrected chi connectivity index (χ1v) is 3.35.